The molecule has 1 aliphatic rings. The van der Waals surface area contributed by atoms with Crippen molar-refractivity contribution >= 4 is 11.4 Å². The van der Waals surface area contributed by atoms with Gasteiger partial charge in [-0.3, -0.25) is 0 Å². The molecule has 0 saturated heterocycles. The number of nitrogens with one attached hydrogen (secondary N) is 1. The van der Waals surface area contributed by atoms with Crippen molar-refractivity contribution in [1.29, 1.82) is 0 Å². The maximum Gasteiger partial charge on any atom is 0.119 e. The van der Waals surface area contributed by atoms with Gasteiger partial charge in [0.2, 0.25) is 0 Å². The molecule has 0 aromatic heterocycles. The van der Waals surface area contributed by atoms with Crippen molar-refractivity contribution in [3.63, 3.8) is 0 Å². The lowest BCUT2D eigenvalue weighted by Gasteiger charge is -2.17. The van der Waals surface area contributed by atoms with Crippen molar-refractivity contribution in [2.75, 3.05) is 6.61 Å². The van der Waals surface area contributed by atoms with E-state index in [1.54, 1.807) is 0 Å². The Morgan fingerprint density at radius 1 is 0.828 bits per heavy atom. The molecule has 2 unspecified atom stereocenters. The third-order valence-corrected chi connectivity index (χ3v) is 5.06. The molecular weight excluding hydrogens is 358 g/mol. The molecule has 0 spiro atoms. The lowest BCUT2D eigenvalue weighted by Crippen LogP contribution is -2.23. The van der Waals surface area contributed by atoms with Crippen LogP contribution in [0.2, 0.25) is 0 Å². The molecule has 3 aromatic rings. The van der Waals surface area contributed by atoms with Crippen LogP contribution in [-0.4, -0.2) is 12.6 Å². The van der Waals surface area contributed by atoms with Crippen molar-refractivity contribution in [2.24, 2.45) is 10.2 Å². The number of hydrogen-bond acceptors (Lipinski definition) is 4. The van der Waals surface area contributed by atoms with Crippen LogP contribution in [0.5, 0.6) is 5.75 Å². The lowest BCUT2D eigenvalue weighted by atomic mass is 9.91. The van der Waals surface area contributed by atoms with Crippen molar-refractivity contribution in [3.05, 3.63) is 102 Å². The van der Waals surface area contributed by atoms with E-state index in [2.05, 4.69) is 53.8 Å². The van der Waals surface area contributed by atoms with Crippen LogP contribution in [0.1, 0.15) is 30.9 Å². The normalized spacial score (nSPS) is 18.8. The van der Waals surface area contributed by atoms with E-state index in [0.29, 0.717) is 6.61 Å². The maximum atomic E-state index is 5.51. The van der Waals surface area contributed by atoms with Crippen molar-refractivity contribution in [3.8, 4) is 5.75 Å². The molecule has 4 heteroatoms. The van der Waals surface area contributed by atoms with Gasteiger partial charge in [0.1, 0.15) is 5.75 Å². The van der Waals surface area contributed by atoms with E-state index in [0.717, 1.165) is 28.4 Å². The van der Waals surface area contributed by atoms with Gasteiger partial charge in [-0.1, -0.05) is 60.7 Å². The Morgan fingerprint density at radius 2 is 1.48 bits per heavy atom. The summed E-state index contributed by atoms with van der Waals surface area (Å²) in [5.74, 6) is 0.979. The van der Waals surface area contributed by atoms with E-state index in [-0.39, 0.29) is 12.0 Å². The van der Waals surface area contributed by atoms with E-state index in [1.165, 1.54) is 5.56 Å². The fraction of sp³-hybridized carbons (Fsp3) is 0.200. The molecule has 4 rings (SSSR count). The summed E-state index contributed by atoms with van der Waals surface area (Å²) in [6, 6.07) is 28.8. The van der Waals surface area contributed by atoms with Gasteiger partial charge >= 0.3 is 0 Å². The Hall–Kier alpha value is -3.40. The fourth-order valence-corrected chi connectivity index (χ4v) is 3.72. The van der Waals surface area contributed by atoms with E-state index in [9.17, 15) is 0 Å². The summed E-state index contributed by atoms with van der Waals surface area (Å²) in [5.41, 5.74) is 5.17. The first-order valence-corrected chi connectivity index (χ1v) is 10.0. The summed E-state index contributed by atoms with van der Waals surface area (Å²) in [6.07, 6.45) is 0. The molecule has 0 saturated carbocycles. The zero-order valence-corrected chi connectivity index (χ0v) is 16.7. The number of azo groups is 1. The van der Waals surface area contributed by atoms with E-state index in [1.807, 2.05) is 55.5 Å². The van der Waals surface area contributed by atoms with E-state index in [4.69, 9.17) is 9.85 Å². The minimum absolute atomic E-state index is 0.137. The Labute approximate surface area is 172 Å². The molecule has 0 fully saturated rings. The van der Waals surface area contributed by atoms with Gasteiger partial charge in [-0.15, -0.1) is 0 Å². The highest BCUT2D eigenvalue weighted by Crippen LogP contribution is 2.40. The van der Waals surface area contributed by atoms with Crippen LogP contribution in [0.3, 0.4) is 0 Å². The topological polar surface area (TPSA) is 46.0 Å². The van der Waals surface area contributed by atoms with Crippen LogP contribution in [0.15, 0.2) is 101 Å². The van der Waals surface area contributed by atoms with Crippen LogP contribution in [0.4, 0.5) is 5.69 Å². The predicted octanol–water partition coefficient (Wildman–Crippen LogP) is 6.31. The highest BCUT2D eigenvalue weighted by Gasteiger charge is 2.33. The molecule has 0 aliphatic carbocycles. The van der Waals surface area contributed by atoms with Crippen LogP contribution in [-0.2, 0) is 0 Å². The van der Waals surface area contributed by atoms with Crippen molar-refractivity contribution in [1.82, 2.24) is 5.32 Å². The quantitative estimate of drug-likeness (QED) is 0.507. The molecule has 0 bridgehead atoms. The van der Waals surface area contributed by atoms with Crippen molar-refractivity contribution < 1.29 is 4.74 Å². The number of rotatable bonds is 6. The minimum Gasteiger partial charge on any atom is -0.494 e. The van der Waals surface area contributed by atoms with Crippen LogP contribution >= 0.6 is 0 Å². The zero-order chi connectivity index (χ0) is 20.1. The molecule has 29 heavy (non-hydrogen) atoms. The second-order valence-electron chi connectivity index (χ2n) is 7.07. The molecule has 3 aromatic carbocycles. The monoisotopic (exact) mass is 383 g/mol. The highest BCUT2D eigenvalue weighted by atomic mass is 16.5. The third-order valence-electron chi connectivity index (χ3n) is 5.06. The predicted molar refractivity (Wildman–Crippen MR) is 117 cm³/mol. The molecule has 146 valence electrons. The van der Waals surface area contributed by atoms with E-state index >= 15 is 0 Å². The summed E-state index contributed by atoms with van der Waals surface area (Å²) in [5, 5.41) is 12.9. The molecule has 2 atom stereocenters. The Morgan fingerprint density at radius 3 is 2.14 bits per heavy atom. The second kappa shape index (κ2) is 8.74. The van der Waals surface area contributed by atoms with Gasteiger partial charge in [-0.25, -0.2) is 0 Å². The number of hydrogen-bond donors (Lipinski definition) is 1. The SMILES string of the molecule is CCOc1ccc(N=NC2=C(c3ccccc3)NC(C)C2c2ccccc2)cc1. The Bertz CT molecular complexity index is 995. The maximum absolute atomic E-state index is 5.51. The number of ether oxygens (including phenoxy) is 1. The largest absolute Gasteiger partial charge is 0.494 e. The van der Waals surface area contributed by atoms with Crippen LogP contribution in [0, 0.1) is 0 Å². The van der Waals surface area contributed by atoms with Crippen molar-refractivity contribution in [2.45, 2.75) is 25.8 Å². The Balaban J connectivity index is 1.73. The summed E-state index contributed by atoms with van der Waals surface area (Å²) in [4.78, 5) is 0. The molecule has 4 nitrogen and oxygen atoms in total. The highest BCUT2D eigenvalue weighted by molar-refractivity contribution is 5.72. The number of benzene rings is 3. The van der Waals surface area contributed by atoms with Gasteiger partial charge < -0.3 is 10.1 Å². The van der Waals surface area contributed by atoms with Gasteiger partial charge in [0.05, 0.1) is 29.6 Å². The average Bonchev–Trinajstić information content (AvgIpc) is 3.11. The summed E-state index contributed by atoms with van der Waals surface area (Å²) < 4.78 is 5.51. The molecule has 1 heterocycles. The molecule has 0 amide bonds. The lowest BCUT2D eigenvalue weighted by molar-refractivity contribution is 0.340. The minimum atomic E-state index is 0.137. The fourth-order valence-electron chi connectivity index (χ4n) is 3.72. The zero-order valence-electron chi connectivity index (χ0n) is 16.7. The first-order chi connectivity index (χ1) is 14.3. The molecule has 1 N–H and O–H groups in total. The van der Waals surface area contributed by atoms with Crippen LogP contribution < -0.4 is 10.1 Å². The number of nitrogens with zero attached hydrogens (tertiary/aromatic N) is 2. The van der Waals surface area contributed by atoms with Gasteiger partial charge in [-0.05, 0) is 49.2 Å². The Kier molecular flexibility index (Phi) is 5.71. The molecule has 1 aliphatic heterocycles. The summed E-state index contributed by atoms with van der Waals surface area (Å²) >= 11 is 0. The first kappa shape index (κ1) is 18.9. The smallest absolute Gasteiger partial charge is 0.119 e. The first-order valence-electron chi connectivity index (χ1n) is 10.0. The van der Waals surface area contributed by atoms with Crippen LogP contribution in [0.25, 0.3) is 5.70 Å². The van der Waals surface area contributed by atoms with E-state index < -0.39 is 0 Å². The second-order valence-corrected chi connectivity index (χ2v) is 7.07. The van der Waals surface area contributed by atoms with Gasteiger partial charge in [0.15, 0.2) is 0 Å². The summed E-state index contributed by atoms with van der Waals surface area (Å²) in [7, 11) is 0. The van der Waals surface area contributed by atoms with Gasteiger partial charge in [0.25, 0.3) is 0 Å². The summed E-state index contributed by atoms with van der Waals surface area (Å²) in [6.45, 7) is 4.82. The third kappa shape index (κ3) is 4.21. The average molecular weight is 383 g/mol. The van der Waals surface area contributed by atoms with Gasteiger partial charge in [-0.2, -0.15) is 10.2 Å². The molecule has 0 radical (unpaired) electrons. The molecular formula is C25H25N3O. The standard InChI is InChI=1S/C25H25N3O/c1-3-29-22-16-14-21(15-17-22)27-28-25-23(19-10-6-4-7-11-19)18(2)26-24(25)20-12-8-5-9-13-20/h4-18,23,26H,3H2,1-2H3. The van der Waals surface area contributed by atoms with Gasteiger partial charge in [0, 0.05) is 6.04 Å².